The molecule has 0 radical (unpaired) electrons. The van der Waals surface area contributed by atoms with Gasteiger partial charge in [0.15, 0.2) is 5.69 Å². The standard InChI is InChI=1S/C14H16N2O4S/c1-16(7-8-21(2,19)20)13-11-6-4-3-5-10(11)9-12(15-13)14(17)18/h3-6,9H,7-8H2,1-2H3,(H,17,18). The maximum atomic E-state index is 11.3. The average Bonchev–Trinajstić information content (AvgIpc) is 2.42. The summed E-state index contributed by atoms with van der Waals surface area (Å²) >= 11 is 0. The quantitative estimate of drug-likeness (QED) is 0.898. The molecule has 2 aromatic rings. The molecule has 0 fully saturated rings. The molecule has 0 saturated heterocycles. The van der Waals surface area contributed by atoms with Crippen LogP contribution in [0.3, 0.4) is 0 Å². The highest BCUT2D eigenvalue weighted by molar-refractivity contribution is 7.90. The van der Waals surface area contributed by atoms with E-state index in [1.165, 1.54) is 12.3 Å². The second-order valence-electron chi connectivity index (χ2n) is 4.91. The van der Waals surface area contributed by atoms with E-state index in [1.54, 1.807) is 18.0 Å². The Morgan fingerprint density at radius 1 is 1.33 bits per heavy atom. The Hall–Kier alpha value is -2.15. The molecule has 0 aliphatic heterocycles. The van der Waals surface area contributed by atoms with Crippen LogP contribution in [0.4, 0.5) is 5.82 Å². The van der Waals surface area contributed by atoms with Crippen molar-refractivity contribution in [1.29, 1.82) is 0 Å². The van der Waals surface area contributed by atoms with E-state index in [-0.39, 0.29) is 18.0 Å². The first kappa shape index (κ1) is 15.2. The van der Waals surface area contributed by atoms with Crippen molar-refractivity contribution in [2.75, 3.05) is 30.5 Å². The third-order valence-corrected chi connectivity index (χ3v) is 4.02. The first-order valence-electron chi connectivity index (χ1n) is 6.30. The largest absolute Gasteiger partial charge is 0.477 e. The first-order chi connectivity index (χ1) is 9.78. The zero-order chi connectivity index (χ0) is 15.6. The molecule has 112 valence electrons. The Bertz CT molecular complexity index is 787. The highest BCUT2D eigenvalue weighted by Gasteiger charge is 2.15. The molecule has 0 atom stereocenters. The summed E-state index contributed by atoms with van der Waals surface area (Å²) in [6.07, 6.45) is 1.17. The highest BCUT2D eigenvalue weighted by atomic mass is 32.2. The van der Waals surface area contributed by atoms with Gasteiger partial charge in [-0.05, 0) is 11.5 Å². The Balaban J connectivity index is 2.48. The predicted molar refractivity (Wildman–Crippen MR) is 81.7 cm³/mol. The van der Waals surface area contributed by atoms with Gasteiger partial charge in [-0.3, -0.25) is 0 Å². The summed E-state index contributed by atoms with van der Waals surface area (Å²) in [5.41, 5.74) is -0.0603. The van der Waals surface area contributed by atoms with Crippen molar-refractivity contribution in [2.24, 2.45) is 0 Å². The number of fused-ring (bicyclic) bond motifs is 1. The number of nitrogens with zero attached hydrogens (tertiary/aromatic N) is 2. The number of aromatic nitrogens is 1. The molecule has 0 unspecified atom stereocenters. The number of aromatic carboxylic acids is 1. The molecule has 0 aliphatic carbocycles. The molecular weight excluding hydrogens is 292 g/mol. The van der Waals surface area contributed by atoms with E-state index >= 15 is 0 Å². The fourth-order valence-electron chi connectivity index (χ4n) is 1.99. The van der Waals surface area contributed by atoms with Crippen LogP contribution >= 0.6 is 0 Å². The number of rotatable bonds is 5. The summed E-state index contributed by atoms with van der Waals surface area (Å²) in [6.45, 7) is 0.249. The number of carboxylic acids is 1. The summed E-state index contributed by atoms with van der Waals surface area (Å²) in [5.74, 6) is -0.663. The number of sulfone groups is 1. The van der Waals surface area contributed by atoms with Crippen LogP contribution in [0.2, 0.25) is 0 Å². The summed E-state index contributed by atoms with van der Waals surface area (Å²) in [6, 6.07) is 8.79. The number of anilines is 1. The molecule has 1 heterocycles. The zero-order valence-electron chi connectivity index (χ0n) is 11.8. The van der Waals surface area contributed by atoms with Crippen LogP contribution in [0.15, 0.2) is 30.3 Å². The van der Waals surface area contributed by atoms with Crippen molar-refractivity contribution in [3.63, 3.8) is 0 Å². The minimum atomic E-state index is -3.09. The molecule has 7 heteroatoms. The van der Waals surface area contributed by atoms with Gasteiger partial charge in [-0.15, -0.1) is 0 Å². The summed E-state index contributed by atoms with van der Waals surface area (Å²) in [4.78, 5) is 17.0. The molecular formula is C14H16N2O4S. The molecule has 0 saturated carbocycles. The molecule has 1 aromatic heterocycles. The predicted octanol–water partition coefficient (Wildman–Crippen LogP) is 1.41. The maximum absolute atomic E-state index is 11.3. The monoisotopic (exact) mass is 308 g/mol. The lowest BCUT2D eigenvalue weighted by atomic mass is 10.1. The maximum Gasteiger partial charge on any atom is 0.354 e. The van der Waals surface area contributed by atoms with Crippen LogP contribution in [-0.4, -0.2) is 50.1 Å². The normalized spacial score (nSPS) is 11.5. The lowest BCUT2D eigenvalue weighted by Crippen LogP contribution is -2.26. The van der Waals surface area contributed by atoms with Gasteiger partial charge in [-0.25, -0.2) is 18.2 Å². The van der Waals surface area contributed by atoms with Crippen LogP contribution in [0, 0.1) is 0 Å². The Kier molecular flexibility index (Phi) is 4.13. The van der Waals surface area contributed by atoms with Crippen molar-refractivity contribution in [3.05, 3.63) is 36.0 Å². The van der Waals surface area contributed by atoms with Gasteiger partial charge in [0.05, 0.1) is 5.75 Å². The minimum absolute atomic E-state index is 0.0171. The van der Waals surface area contributed by atoms with E-state index in [2.05, 4.69) is 4.98 Å². The third kappa shape index (κ3) is 3.69. The summed E-state index contributed by atoms with van der Waals surface area (Å²) < 4.78 is 22.5. The van der Waals surface area contributed by atoms with Crippen molar-refractivity contribution in [2.45, 2.75) is 0 Å². The summed E-state index contributed by atoms with van der Waals surface area (Å²) in [7, 11) is -1.39. The van der Waals surface area contributed by atoms with Crippen molar-refractivity contribution < 1.29 is 18.3 Å². The van der Waals surface area contributed by atoms with Gasteiger partial charge in [-0.2, -0.15) is 0 Å². The zero-order valence-corrected chi connectivity index (χ0v) is 12.6. The SMILES string of the molecule is CN(CCS(C)(=O)=O)c1nc(C(=O)O)cc2ccccc12. The molecule has 0 bridgehead atoms. The second-order valence-corrected chi connectivity index (χ2v) is 7.17. The van der Waals surface area contributed by atoms with E-state index in [1.807, 2.05) is 18.2 Å². The molecule has 1 aromatic carbocycles. The van der Waals surface area contributed by atoms with Crippen molar-refractivity contribution >= 4 is 32.4 Å². The topological polar surface area (TPSA) is 87.6 Å². The van der Waals surface area contributed by atoms with E-state index in [0.717, 1.165) is 10.8 Å². The fourth-order valence-corrected chi connectivity index (χ4v) is 2.60. The van der Waals surface area contributed by atoms with Gasteiger partial charge < -0.3 is 10.0 Å². The summed E-state index contributed by atoms with van der Waals surface area (Å²) in [5, 5.41) is 10.7. The smallest absolute Gasteiger partial charge is 0.354 e. The van der Waals surface area contributed by atoms with Gasteiger partial charge >= 0.3 is 5.97 Å². The second kappa shape index (κ2) is 5.69. The van der Waals surface area contributed by atoms with Crippen LogP contribution in [0.1, 0.15) is 10.5 Å². The lowest BCUT2D eigenvalue weighted by molar-refractivity contribution is 0.0691. The van der Waals surface area contributed by atoms with Crippen LogP contribution < -0.4 is 4.90 Å². The van der Waals surface area contributed by atoms with Crippen molar-refractivity contribution in [3.8, 4) is 0 Å². The van der Waals surface area contributed by atoms with Crippen molar-refractivity contribution in [1.82, 2.24) is 4.98 Å². The fraction of sp³-hybridized carbons (Fsp3) is 0.286. The van der Waals surface area contributed by atoms with E-state index in [9.17, 15) is 13.2 Å². The molecule has 1 N–H and O–H groups in total. The molecule has 2 rings (SSSR count). The van der Waals surface area contributed by atoms with E-state index in [0.29, 0.717) is 5.82 Å². The number of benzene rings is 1. The molecule has 6 nitrogen and oxygen atoms in total. The van der Waals surface area contributed by atoms with Gasteiger partial charge in [0.2, 0.25) is 0 Å². The van der Waals surface area contributed by atoms with E-state index < -0.39 is 15.8 Å². The molecule has 0 spiro atoms. The minimum Gasteiger partial charge on any atom is -0.477 e. The average molecular weight is 308 g/mol. The Morgan fingerprint density at radius 2 is 2.00 bits per heavy atom. The Labute approximate surface area is 122 Å². The van der Waals surface area contributed by atoms with Gasteiger partial charge in [0, 0.05) is 25.2 Å². The highest BCUT2D eigenvalue weighted by Crippen LogP contribution is 2.25. The van der Waals surface area contributed by atoms with Crippen LogP contribution in [-0.2, 0) is 9.84 Å². The lowest BCUT2D eigenvalue weighted by Gasteiger charge is -2.20. The number of carbonyl (C=O) groups is 1. The number of pyridine rings is 1. The number of carboxylic acid groups (broad SMARTS) is 1. The van der Waals surface area contributed by atoms with Gasteiger partial charge in [0.1, 0.15) is 15.7 Å². The molecule has 21 heavy (non-hydrogen) atoms. The molecule has 0 aliphatic rings. The number of hydrogen-bond donors (Lipinski definition) is 1. The van der Waals surface area contributed by atoms with Gasteiger partial charge in [-0.1, -0.05) is 24.3 Å². The third-order valence-electron chi connectivity index (χ3n) is 3.10. The van der Waals surface area contributed by atoms with E-state index in [4.69, 9.17) is 5.11 Å². The first-order valence-corrected chi connectivity index (χ1v) is 8.36. The van der Waals surface area contributed by atoms with Crippen LogP contribution in [0.5, 0.6) is 0 Å². The number of hydrogen-bond acceptors (Lipinski definition) is 5. The van der Waals surface area contributed by atoms with Crippen LogP contribution in [0.25, 0.3) is 10.8 Å². The molecule has 0 amide bonds. The van der Waals surface area contributed by atoms with Gasteiger partial charge in [0.25, 0.3) is 0 Å². The Morgan fingerprint density at radius 3 is 2.62 bits per heavy atom.